The molecule has 2 aromatic carbocycles. The minimum absolute atomic E-state index is 0.137. The summed E-state index contributed by atoms with van der Waals surface area (Å²) >= 11 is 1.34. The van der Waals surface area contributed by atoms with E-state index in [4.69, 9.17) is 4.42 Å². The molecule has 1 saturated heterocycles. The van der Waals surface area contributed by atoms with Gasteiger partial charge in [0.15, 0.2) is 11.5 Å². The van der Waals surface area contributed by atoms with Gasteiger partial charge in [0.1, 0.15) is 11.5 Å². The highest BCUT2D eigenvalue weighted by molar-refractivity contribution is 7.12. The van der Waals surface area contributed by atoms with Crippen LogP contribution in [-0.4, -0.2) is 29.6 Å². The summed E-state index contributed by atoms with van der Waals surface area (Å²) in [6.07, 6.45) is 5.39. The van der Waals surface area contributed by atoms with E-state index < -0.39 is 23.4 Å². The van der Waals surface area contributed by atoms with Crippen LogP contribution in [0.1, 0.15) is 31.4 Å². The lowest BCUT2D eigenvalue weighted by atomic mass is 9.64. The SMILES string of the molecule is O=C(c1cccs1)C1C(C(=O)c2ccco2)C2(C(=O)Nc3ccccc32)C2C=Cc3ccccc3N12. The van der Waals surface area contributed by atoms with Crippen LogP contribution in [-0.2, 0) is 10.2 Å². The van der Waals surface area contributed by atoms with Gasteiger partial charge in [-0.3, -0.25) is 14.4 Å². The molecule has 176 valence electrons. The second-order valence-electron chi connectivity index (χ2n) is 9.24. The van der Waals surface area contributed by atoms with Crippen LogP contribution in [0.2, 0.25) is 0 Å². The molecular formula is C29H20N2O4S. The molecule has 0 saturated carbocycles. The van der Waals surface area contributed by atoms with Gasteiger partial charge in [-0.1, -0.05) is 54.6 Å². The summed E-state index contributed by atoms with van der Waals surface area (Å²) in [4.78, 5) is 45.2. The van der Waals surface area contributed by atoms with E-state index in [1.807, 2.05) is 77.0 Å². The van der Waals surface area contributed by atoms with Gasteiger partial charge in [-0.05, 0) is 46.8 Å². The number of rotatable bonds is 4. The van der Waals surface area contributed by atoms with Crippen LogP contribution in [0.15, 0.2) is 94.9 Å². The van der Waals surface area contributed by atoms with Gasteiger partial charge in [0.2, 0.25) is 11.7 Å². The number of carbonyl (C=O) groups is 3. The van der Waals surface area contributed by atoms with E-state index in [9.17, 15) is 14.4 Å². The van der Waals surface area contributed by atoms with Gasteiger partial charge in [-0.15, -0.1) is 11.3 Å². The number of nitrogens with one attached hydrogen (secondary N) is 1. The van der Waals surface area contributed by atoms with Crippen LogP contribution in [0, 0.1) is 5.92 Å². The fourth-order valence-corrected chi connectivity index (χ4v) is 6.95. The molecule has 0 radical (unpaired) electrons. The Kier molecular flexibility index (Phi) is 4.47. The predicted octanol–water partition coefficient (Wildman–Crippen LogP) is 5.20. The molecule has 1 N–H and O–H groups in total. The third kappa shape index (κ3) is 2.63. The molecule has 1 spiro atoms. The zero-order valence-electron chi connectivity index (χ0n) is 19.0. The Morgan fingerprint density at radius 2 is 1.78 bits per heavy atom. The van der Waals surface area contributed by atoms with E-state index in [2.05, 4.69) is 5.32 Å². The van der Waals surface area contributed by atoms with Crippen LogP contribution < -0.4 is 10.2 Å². The summed E-state index contributed by atoms with van der Waals surface area (Å²) in [6, 6.07) is 20.6. The first kappa shape index (κ1) is 21.1. The lowest BCUT2D eigenvalue weighted by Crippen LogP contribution is -2.51. The monoisotopic (exact) mass is 492 g/mol. The Bertz CT molecular complexity index is 1560. The maximum atomic E-state index is 14.3. The maximum Gasteiger partial charge on any atom is 0.238 e. The number of carbonyl (C=O) groups excluding carboxylic acids is 3. The smallest absolute Gasteiger partial charge is 0.238 e. The Balaban J connectivity index is 1.55. The Morgan fingerprint density at radius 3 is 2.58 bits per heavy atom. The number of hydrogen-bond donors (Lipinski definition) is 1. The standard InChI is InChI=1S/C29H20N2O4S/c32-26(21-11-5-15-35-21)24-25(27(33)22-12-6-16-36-22)31-20-10-4-1-7-17(20)13-14-23(31)29(24)18-8-2-3-9-19(18)30-28(29)34/h1-16,23-25H,(H,30,34). The first-order valence-electron chi connectivity index (χ1n) is 11.7. The fraction of sp³-hybridized carbons (Fsp3) is 0.138. The average molecular weight is 493 g/mol. The van der Waals surface area contributed by atoms with Crippen molar-refractivity contribution < 1.29 is 18.8 Å². The Labute approximate surface area is 210 Å². The minimum atomic E-state index is -1.32. The van der Waals surface area contributed by atoms with Crippen LogP contribution in [0.4, 0.5) is 11.4 Å². The molecule has 2 aromatic heterocycles. The number of anilines is 2. The molecule has 0 bridgehead atoms. The quantitative estimate of drug-likeness (QED) is 0.396. The number of Topliss-reactive ketones (excluding diaryl/α,β-unsaturated/α-hetero) is 2. The van der Waals surface area contributed by atoms with Crippen molar-refractivity contribution in [1.82, 2.24) is 0 Å². The van der Waals surface area contributed by atoms with Crippen molar-refractivity contribution in [3.05, 3.63) is 112 Å². The molecule has 6 nitrogen and oxygen atoms in total. The third-order valence-electron chi connectivity index (χ3n) is 7.62. The predicted molar refractivity (Wildman–Crippen MR) is 137 cm³/mol. The largest absolute Gasteiger partial charge is 0.461 e. The Morgan fingerprint density at radius 1 is 0.944 bits per heavy atom. The average Bonchev–Trinajstić information content (AvgIpc) is 3.70. The summed E-state index contributed by atoms with van der Waals surface area (Å²) in [7, 11) is 0. The highest BCUT2D eigenvalue weighted by atomic mass is 32.1. The lowest BCUT2D eigenvalue weighted by molar-refractivity contribution is -0.121. The van der Waals surface area contributed by atoms with Gasteiger partial charge in [-0.2, -0.15) is 0 Å². The van der Waals surface area contributed by atoms with Crippen molar-refractivity contribution in [2.24, 2.45) is 5.92 Å². The summed E-state index contributed by atoms with van der Waals surface area (Å²) in [6.45, 7) is 0. The molecule has 7 heteroatoms. The van der Waals surface area contributed by atoms with Gasteiger partial charge in [0.05, 0.1) is 23.1 Å². The van der Waals surface area contributed by atoms with Gasteiger partial charge in [-0.25, -0.2) is 0 Å². The van der Waals surface area contributed by atoms with Crippen molar-refractivity contribution >= 4 is 46.3 Å². The molecule has 3 aliphatic rings. The van der Waals surface area contributed by atoms with Crippen molar-refractivity contribution in [3.8, 4) is 0 Å². The molecule has 4 atom stereocenters. The third-order valence-corrected chi connectivity index (χ3v) is 8.51. The zero-order valence-corrected chi connectivity index (χ0v) is 19.8. The summed E-state index contributed by atoms with van der Waals surface area (Å²) < 4.78 is 5.55. The van der Waals surface area contributed by atoms with E-state index in [1.165, 1.54) is 17.6 Å². The maximum absolute atomic E-state index is 14.3. The number of para-hydroxylation sites is 2. The first-order chi connectivity index (χ1) is 17.6. The first-order valence-corrected chi connectivity index (χ1v) is 12.6. The fourth-order valence-electron chi connectivity index (χ4n) is 6.26. The lowest BCUT2D eigenvalue weighted by Gasteiger charge is -2.37. The highest BCUT2D eigenvalue weighted by Crippen LogP contribution is 2.58. The van der Waals surface area contributed by atoms with E-state index in [0.717, 1.165) is 16.8 Å². The molecule has 1 amide bonds. The number of amides is 1. The minimum Gasteiger partial charge on any atom is -0.461 e. The number of thiophene rings is 1. The normalized spacial score (nSPS) is 25.4. The van der Waals surface area contributed by atoms with Crippen molar-refractivity contribution in [3.63, 3.8) is 0 Å². The van der Waals surface area contributed by atoms with Crippen LogP contribution in [0.5, 0.6) is 0 Å². The zero-order chi connectivity index (χ0) is 24.4. The molecule has 3 aliphatic heterocycles. The highest BCUT2D eigenvalue weighted by Gasteiger charge is 2.70. The van der Waals surface area contributed by atoms with Gasteiger partial charge < -0.3 is 14.6 Å². The summed E-state index contributed by atoms with van der Waals surface area (Å²) in [5.41, 5.74) is 1.83. The number of hydrogen-bond acceptors (Lipinski definition) is 6. The number of fused-ring (bicyclic) bond motifs is 6. The molecule has 5 heterocycles. The van der Waals surface area contributed by atoms with Gasteiger partial charge in [0.25, 0.3) is 0 Å². The van der Waals surface area contributed by atoms with E-state index in [-0.39, 0.29) is 23.2 Å². The van der Waals surface area contributed by atoms with Crippen LogP contribution in [0.3, 0.4) is 0 Å². The molecule has 7 rings (SSSR count). The van der Waals surface area contributed by atoms with E-state index >= 15 is 0 Å². The summed E-state index contributed by atoms with van der Waals surface area (Å²) in [5.74, 6) is -1.70. The van der Waals surface area contributed by atoms with Crippen molar-refractivity contribution in [1.29, 1.82) is 0 Å². The van der Waals surface area contributed by atoms with Gasteiger partial charge >= 0.3 is 0 Å². The number of benzene rings is 2. The van der Waals surface area contributed by atoms with E-state index in [1.54, 1.807) is 18.2 Å². The number of nitrogens with zero attached hydrogens (tertiary/aromatic N) is 1. The molecule has 4 unspecified atom stereocenters. The summed E-state index contributed by atoms with van der Waals surface area (Å²) in [5, 5.41) is 4.87. The van der Waals surface area contributed by atoms with Crippen molar-refractivity contribution in [2.45, 2.75) is 17.5 Å². The van der Waals surface area contributed by atoms with Gasteiger partial charge in [0, 0.05) is 11.4 Å². The second-order valence-corrected chi connectivity index (χ2v) is 10.2. The molecule has 4 aromatic rings. The molecule has 1 fully saturated rings. The van der Waals surface area contributed by atoms with Crippen LogP contribution >= 0.6 is 11.3 Å². The second kappa shape index (κ2) is 7.63. The van der Waals surface area contributed by atoms with E-state index in [0.29, 0.717) is 10.6 Å². The van der Waals surface area contributed by atoms with Crippen LogP contribution in [0.25, 0.3) is 6.08 Å². The topological polar surface area (TPSA) is 79.6 Å². The molecule has 36 heavy (non-hydrogen) atoms. The number of ketones is 2. The van der Waals surface area contributed by atoms with Crippen molar-refractivity contribution in [2.75, 3.05) is 10.2 Å². The Hall–Kier alpha value is -4.23. The molecular weight excluding hydrogens is 472 g/mol. The molecule has 0 aliphatic carbocycles. The number of furan rings is 1.